The maximum atomic E-state index is 13.8. The highest BCUT2D eigenvalue weighted by atomic mass is 19.1. The fourth-order valence-electron chi connectivity index (χ4n) is 1.96. The van der Waals surface area contributed by atoms with E-state index in [0.717, 1.165) is 5.56 Å². The van der Waals surface area contributed by atoms with Crippen LogP contribution in [0.15, 0.2) is 42.5 Å². The molecule has 4 nitrogen and oxygen atoms in total. The molecule has 1 amide bonds. The number of aliphatic hydroxyl groups is 1. The monoisotopic (exact) mass is 288 g/mol. The molecule has 0 aliphatic heterocycles. The Labute approximate surface area is 122 Å². The molecule has 0 atom stereocenters. The zero-order valence-corrected chi connectivity index (χ0v) is 11.7. The first-order valence-electron chi connectivity index (χ1n) is 6.69. The molecule has 5 heteroatoms. The molecule has 0 saturated carbocycles. The van der Waals surface area contributed by atoms with E-state index in [-0.39, 0.29) is 23.8 Å². The van der Waals surface area contributed by atoms with Gasteiger partial charge in [0.15, 0.2) is 0 Å². The number of hydrogen-bond acceptors (Lipinski definition) is 3. The number of anilines is 2. The van der Waals surface area contributed by atoms with Crippen LogP contribution in [-0.4, -0.2) is 17.6 Å². The summed E-state index contributed by atoms with van der Waals surface area (Å²) < 4.78 is 13.8. The van der Waals surface area contributed by atoms with Crippen molar-refractivity contribution in [3.63, 3.8) is 0 Å². The van der Waals surface area contributed by atoms with Crippen molar-refractivity contribution in [3.8, 4) is 0 Å². The number of para-hydroxylation sites is 1. The number of carbonyl (C=O) groups excluding carboxylic acids is 1. The molecule has 0 radical (unpaired) electrons. The van der Waals surface area contributed by atoms with Gasteiger partial charge in [-0.25, -0.2) is 4.39 Å². The molecule has 0 aromatic heterocycles. The number of nitrogens with one attached hydrogen (secondary N) is 2. The summed E-state index contributed by atoms with van der Waals surface area (Å²) in [5, 5.41) is 14.5. The highest BCUT2D eigenvalue weighted by Gasteiger charge is 2.14. The van der Waals surface area contributed by atoms with E-state index in [1.54, 1.807) is 30.3 Å². The Kier molecular flexibility index (Phi) is 4.90. The van der Waals surface area contributed by atoms with Gasteiger partial charge in [-0.2, -0.15) is 0 Å². The average molecular weight is 288 g/mol. The van der Waals surface area contributed by atoms with Gasteiger partial charge in [0.25, 0.3) is 5.91 Å². The predicted molar refractivity (Wildman–Crippen MR) is 80.9 cm³/mol. The Morgan fingerprint density at radius 3 is 2.52 bits per heavy atom. The molecule has 0 spiro atoms. The van der Waals surface area contributed by atoms with E-state index >= 15 is 0 Å². The van der Waals surface area contributed by atoms with E-state index in [0.29, 0.717) is 12.2 Å². The SMILES string of the molecule is CCNc1c(F)cccc1C(=O)Nc1ccc(CO)cc1. The lowest BCUT2D eigenvalue weighted by Gasteiger charge is -2.12. The number of benzene rings is 2. The minimum absolute atomic E-state index is 0.0529. The quantitative estimate of drug-likeness (QED) is 0.792. The number of hydrogen-bond donors (Lipinski definition) is 3. The van der Waals surface area contributed by atoms with Gasteiger partial charge in [0, 0.05) is 12.2 Å². The third kappa shape index (κ3) is 3.58. The smallest absolute Gasteiger partial charge is 0.257 e. The van der Waals surface area contributed by atoms with Crippen LogP contribution >= 0.6 is 0 Å². The van der Waals surface area contributed by atoms with E-state index in [4.69, 9.17) is 5.11 Å². The Morgan fingerprint density at radius 1 is 1.19 bits per heavy atom. The molecular weight excluding hydrogens is 271 g/mol. The van der Waals surface area contributed by atoms with E-state index in [1.807, 2.05) is 6.92 Å². The maximum absolute atomic E-state index is 13.8. The fourth-order valence-corrected chi connectivity index (χ4v) is 1.96. The van der Waals surface area contributed by atoms with Gasteiger partial charge in [-0.3, -0.25) is 4.79 Å². The summed E-state index contributed by atoms with van der Waals surface area (Å²) in [7, 11) is 0. The van der Waals surface area contributed by atoms with Crippen LogP contribution in [0.1, 0.15) is 22.8 Å². The van der Waals surface area contributed by atoms with Crippen LogP contribution in [0.2, 0.25) is 0 Å². The van der Waals surface area contributed by atoms with E-state index in [2.05, 4.69) is 10.6 Å². The average Bonchev–Trinajstić information content (AvgIpc) is 2.50. The van der Waals surface area contributed by atoms with Crippen LogP contribution in [0.5, 0.6) is 0 Å². The van der Waals surface area contributed by atoms with Crippen molar-refractivity contribution >= 4 is 17.3 Å². The van der Waals surface area contributed by atoms with E-state index < -0.39 is 5.82 Å². The lowest BCUT2D eigenvalue weighted by molar-refractivity contribution is 0.102. The van der Waals surface area contributed by atoms with Crippen LogP contribution in [0, 0.1) is 5.82 Å². The minimum atomic E-state index is -0.458. The van der Waals surface area contributed by atoms with Crippen molar-refractivity contribution in [1.29, 1.82) is 0 Å². The molecule has 2 aromatic rings. The van der Waals surface area contributed by atoms with Gasteiger partial charge in [0.2, 0.25) is 0 Å². The van der Waals surface area contributed by atoms with Crippen LogP contribution < -0.4 is 10.6 Å². The maximum Gasteiger partial charge on any atom is 0.257 e. The van der Waals surface area contributed by atoms with Gasteiger partial charge in [-0.1, -0.05) is 18.2 Å². The topological polar surface area (TPSA) is 61.4 Å². The van der Waals surface area contributed by atoms with Gasteiger partial charge in [-0.05, 0) is 36.8 Å². The molecule has 21 heavy (non-hydrogen) atoms. The largest absolute Gasteiger partial charge is 0.392 e. The van der Waals surface area contributed by atoms with Crippen LogP contribution in [-0.2, 0) is 6.61 Å². The summed E-state index contributed by atoms with van der Waals surface area (Å²) in [5.41, 5.74) is 1.79. The molecule has 0 saturated heterocycles. The molecule has 0 aliphatic rings. The van der Waals surface area contributed by atoms with Gasteiger partial charge >= 0.3 is 0 Å². The number of aliphatic hydroxyl groups excluding tert-OH is 1. The molecule has 2 rings (SSSR count). The van der Waals surface area contributed by atoms with Crippen molar-refractivity contribution < 1.29 is 14.3 Å². The van der Waals surface area contributed by atoms with Gasteiger partial charge < -0.3 is 15.7 Å². The van der Waals surface area contributed by atoms with Crippen molar-refractivity contribution in [2.75, 3.05) is 17.2 Å². The van der Waals surface area contributed by atoms with Gasteiger partial charge in [0.05, 0.1) is 17.9 Å². The third-order valence-electron chi connectivity index (χ3n) is 3.01. The lowest BCUT2D eigenvalue weighted by Crippen LogP contribution is -2.15. The number of amides is 1. The highest BCUT2D eigenvalue weighted by molar-refractivity contribution is 6.08. The number of halogens is 1. The summed E-state index contributed by atoms with van der Waals surface area (Å²) in [6.07, 6.45) is 0. The lowest BCUT2D eigenvalue weighted by atomic mass is 10.1. The summed E-state index contributed by atoms with van der Waals surface area (Å²) >= 11 is 0. The van der Waals surface area contributed by atoms with E-state index in [1.165, 1.54) is 12.1 Å². The number of rotatable bonds is 5. The Bertz CT molecular complexity index is 627. The van der Waals surface area contributed by atoms with Crippen LogP contribution in [0.4, 0.5) is 15.8 Å². The molecular formula is C16H17FN2O2. The molecule has 0 unspecified atom stereocenters. The normalized spacial score (nSPS) is 10.2. The zero-order valence-electron chi connectivity index (χ0n) is 11.7. The Hall–Kier alpha value is -2.40. The molecule has 0 fully saturated rings. The van der Waals surface area contributed by atoms with Crippen LogP contribution in [0.3, 0.4) is 0 Å². The second kappa shape index (κ2) is 6.85. The summed E-state index contributed by atoms with van der Waals surface area (Å²) in [6.45, 7) is 2.30. The fraction of sp³-hybridized carbons (Fsp3) is 0.188. The Balaban J connectivity index is 2.21. The first kappa shape index (κ1) is 15.0. The summed E-state index contributed by atoms with van der Waals surface area (Å²) in [4.78, 5) is 12.2. The Morgan fingerprint density at radius 2 is 1.90 bits per heavy atom. The van der Waals surface area contributed by atoms with Gasteiger partial charge in [-0.15, -0.1) is 0 Å². The standard InChI is InChI=1S/C16H17FN2O2/c1-2-18-15-13(4-3-5-14(15)17)16(21)19-12-8-6-11(10-20)7-9-12/h3-9,18,20H,2,10H2,1H3,(H,19,21). The molecule has 0 aliphatic carbocycles. The van der Waals surface area contributed by atoms with Crippen molar-refractivity contribution in [1.82, 2.24) is 0 Å². The summed E-state index contributed by atoms with van der Waals surface area (Å²) in [6, 6.07) is 11.2. The third-order valence-corrected chi connectivity index (χ3v) is 3.01. The highest BCUT2D eigenvalue weighted by Crippen LogP contribution is 2.21. The predicted octanol–water partition coefficient (Wildman–Crippen LogP) is 3.00. The molecule has 0 bridgehead atoms. The number of carbonyl (C=O) groups is 1. The summed E-state index contributed by atoms with van der Waals surface area (Å²) in [5.74, 6) is -0.845. The van der Waals surface area contributed by atoms with Crippen molar-refractivity contribution in [3.05, 3.63) is 59.4 Å². The van der Waals surface area contributed by atoms with Gasteiger partial charge in [0.1, 0.15) is 5.82 Å². The van der Waals surface area contributed by atoms with Crippen molar-refractivity contribution in [2.24, 2.45) is 0 Å². The second-order valence-corrected chi connectivity index (χ2v) is 4.50. The molecule has 110 valence electrons. The van der Waals surface area contributed by atoms with E-state index in [9.17, 15) is 9.18 Å². The van der Waals surface area contributed by atoms with Crippen molar-refractivity contribution in [2.45, 2.75) is 13.5 Å². The first-order chi connectivity index (χ1) is 10.2. The second-order valence-electron chi connectivity index (χ2n) is 4.50. The van der Waals surface area contributed by atoms with Crippen LogP contribution in [0.25, 0.3) is 0 Å². The zero-order chi connectivity index (χ0) is 15.2. The molecule has 0 heterocycles. The molecule has 3 N–H and O–H groups in total. The first-order valence-corrected chi connectivity index (χ1v) is 6.69. The molecule has 2 aromatic carbocycles. The minimum Gasteiger partial charge on any atom is -0.392 e.